The van der Waals surface area contributed by atoms with Crippen LogP contribution in [0.4, 0.5) is 0 Å². The molecule has 0 aliphatic rings. The van der Waals surface area contributed by atoms with Gasteiger partial charge in [-0.25, -0.2) is 0 Å². The first kappa shape index (κ1) is 48.4. The number of aliphatic hydroxyl groups excluding tert-OH is 1. The molecule has 0 heterocycles. The summed E-state index contributed by atoms with van der Waals surface area (Å²) >= 11 is 0. The molecule has 0 aromatic carbocycles. The Morgan fingerprint density at radius 2 is 0.960 bits per heavy atom. The van der Waals surface area contributed by atoms with E-state index < -0.39 is 0 Å². The highest BCUT2D eigenvalue weighted by atomic mass is 16.5. The van der Waals surface area contributed by atoms with Crippen LogP contribution in [-0.2, 0) is 19.1 Å². The topological polar surface area (TPSA) is 76.1 Å². The SMILES string of the molecule is CCCCC#CCCCOC(=O)CCCCN(CCCO)CCCCCCCC(=O)OC(CCCCCCCC)CCCCCCCCCC. The zero-order chi connectivity index (χ0) is 36.6. The van der Waals surface area contributed by atoms with Gasteiger partial charge in [0, 0.05) is 38.8 Å². The Morgan fingerprint density at radius 1 is 0.520 bits per heavy atom. The minimum atomic E-state index is -0.105. The summed E-state index contributed by atoms with van der Waals surface area (Å²) in [5.41, 5.74) is 0. The molecule has 0 radical (unpaired) electrons. The summed E-state index contributed by atoms with van der Waals surface area (Å²) in [4.78, 5) is 27.2. The van der Waals surface area contributed by atoms with Crippen LogP contribution in [0.1, 0.15) is 220 Å². The Labute approximate surface area is 311 Å². The average Bonchev–Trinajstić information content (AvgIpc) is 3.11. The average molecular weight is 706 g/mol. The van der Waals surface area contributed by atoms with Crippen molar-refractivity contribution in [1.82, 2.24) is 4.90 Å². The van der Waals surface area contributed by atoms with Gasteiger partial charge in [0.2, 0.25) is 0 Å². The Hall–Kier alpha value is -1.58. The molecular weight excluding hydrogens is 622 g/mol. The van der Waals surface area contributed by atoms with Crippen molar-refractivity contribution < 1.29 is 24.2 Å². The summed E-state index contributed by atoms with van der Waals surface area (Å²) in [6.45, 7) is 10.2. The van der Waals surface area contributed by atoms with E-state index in [-0.39, 0.29) is 24.6 Å². The van der Waals surface area contributed by atoms with E-state index in [0.717, 1.165) is 110 Å². The molecule has 0 aromatic heterocycles. The van der Waals surface area contributed by atoms with E-state index in [2.05, 4.69) is 37.5 Å². The molecule has 6 nitrogen and oxygen atoms in total. The predicted octanol–water partition coefficient (Wildman–Crippen LogP) is 11.9. The zero-order valence-corrected chi connectivity index (χ0v) is 33.6. The molecule has 0 rings (SSSR count). The van der Waals surface area contributed by atoms with Crippen LogP contribution >= 0.6 is 0 Å². The maximum atomic E-state index is 12.7. The molecule has 0 aliphatic heterocycles. The molecular formula is C44H83NO5. The first-order chi connectivity index (χ1) is 24.6. The highest BCUT2D eigenvalue weighted by molar-refractivity contribution is 5.69. The highest BCUT2D eigenvalue weighted by Gasteiger charge is 2.14. The second kappa shape index (κ2) is 40.2. The van der Waals surface area contributed by atoms with Crippen LogP contribution in [0.5, 0.6) is 0 Å². The lowest BCUT2D eigenvalue weighted by Crippen LogP contribution is -2.28. The third-order valence-corrected chi connectivity index (χ3v) is 9.64. The van der Waals surface area contributed by atoms with Crippen molar-refractivity contribution in [3.8, 4) is 11.8 Å². The van der Waals surface area contributed by atoms with Gasteiger partial charge in [0.1, 0.15) is 6.10 Å². The lowest BCUT2D eigenvalue weighted by Gasteiger charge is -2.22. The lowest BCUT2D eigenvalue weighted by atomic mass is 10.0. The fourth-order valence-electron chi connectivity index (χ4n) is 6.40. The van der Waals surface area contributed by atoms with Crippen molar-refractivity contribution in [3.63, 3.8) is 0 Å². The number of unbranched alkanes of at least 4 members (excludes halogenated alkanes) is 20. The second-order valence-corrected chi connectivity index (χ2v) is 14.6. The molecule has 0 fully saturated rings. The molecule has 0 bridgehead atoms. The van der Waals surface area contributed by atoms with E-state index in [9.17, 15) is 14.7 Å². The molecule has 50 heavy (non-hydrogen) atoms. The molecule has 1 N–H and O–H groups in total. The smallest absolute Gasteiger partial charge is 0.306 e. The molecule has 0 saturated heterocycles. The van der Waals surface area contributed by atoms with Crippen LogP contribution in [0.2, 0.25) is 0 Å². The number of aliphatic hydroxyl groups is 1. The number of hydrogen-bond acceptors (Lipinski definition) is 6. The fraction of sp³-hybridized carbons (Fsp3) is 0.909. The minimum absolute atomic E-state index is 0.00622. The summed E-state index contributed by atoms with van der Waals surface area (Å²) in [7, 11) is 0. The number of hydrogen-bond donors (Lipinski definition) is 1. The van der Waals surface area contributed by atoms with E-state index in [4.69, 9.17) is 9.47 Å². The van der Waals surface area contributed by atoms with Crippen LogP contribution in [0.15, 0.2) is 0 Å². The number of ether oxygens (including phenoxy) is 2. The van der Waals surface area contributed by atoms with Gasteiger partial charge in [-0.15, -0.1) is 11.8 Å². The third-order valence-electron chi connectivity index (χ3n) is 9.64. The number of esters is 2. The first-order valence-electron chi connectivity index (χ1n) is 21.7. The van der Waals surface area contributed by atoms with E-state index >= 15 is 0 Å². The standard InChI is InChI=1S/C44H83NO5/c1-4-7-10-13-16-17-21-26-34-42(33-25-20-15-12-9-6-3)50-44(48)36-27-22-19-23-29-37-45(39-32-40-46)38-30-28-35-43(47)49-41-31-24-18-14-11-8-5-2/h42,46H,4-13,15-17,19-41H2,1-3H3. The van der Waals surface area contributed by atoms with E-state index in [1.165, 1.54) is 96.3 Å². The van der Waals surface area contributed by atoms with Gasteiger partial charge < -0.3 is 19.5 Å². The zero-order valence-electron chi connectivity index (χ0n) is 33.6. The predicted molar refractivity (Wildman–Crippen MR) is 212 cm³/mol. The van der Waals surface area contributed by atoms with E-state index in [0.29, 0.717) is 19.4 Å². The summed E-state index contributed by atoms with van der Waals surface area (Å²) in [5, 5.41) is 9.35. The Kier molecular flexibility index (Phi) is 38.9. The maximum Gasteiger partial charge on any atom is 0.306 e. The highest BCUT2D eigenvalue weighted by Crippen LogP contribution is 2.18. The van der Waals surface area contributed by atoms with Crippen LogP contribution in [-0.4, -0.2) is 60.9 Å². The maximum absolute atomic E-state index is 12.7. The molecule has 0 aromatic rings. The first-order valence-corrected chi connectivity index (χ1v) is 21.7. The normalized spacial score (nSPS) is 11.8. The fourth-order valence-corrected chi connectivity index (χ4v) is 6.40. The molecule has 1 unspecified atom stereocenters. The van der Waals surface area contributed by atoms with Gasteiger partial charge in [-0.1, -0.05) is 124 Å². The van der Waals surface area contributed by atoms with E-state index in [1.807, 2.05) is 0 Å². The monoisotopic (exact) mass is 706 g/mol. The Morgan fingerprint density at radius 3 is 1.54 bits per heavy atom. The summed E-state index contributed by atoms with van der Waals surface area (Å²) < 4.78 is 11.4. The number of nitrogens with zero attached hydrogens (tertiary/aromatic N) is 1. The molecule has 294 valence electrons. The molecule has 1 atom stereocenters. The summed E-state index contributed by atoms with van der Waals surface area (Å²) in [6.07, 6.45) is 34.2. The molecule has 6 heteroatoms. The molecule has 0 spiro atoms. The molecule has 0 amide bonds. The molecule has 0 aliphatic carbocycles. The largest absolute Gasteiger partial charge is 0.466 e. The van der Waals surface area contributed by atoms with Crippen LogP contribution in [0, 0.1) is 11.8 Å². The van der Waals surface area contributed by atoms with Crippen molar-refractivity contribution in [2.45, 2.75) is 226 Å². The van der Waals surface area contributed by atoms with Gasteiger partial charge in [-0.2, -0.15) is 0 Å². The van der Waals surface area contributed by atoms with Gasteiger partial charge in [0.05, 0.1) is 6.61 Å². The summed E-state index contributed by atoms with van der Waals surface area (Å²) in [5.74, 6) is 6.23. The van der Waals surface area contributed by atoms with Crippen molar-refractivity contribution in [3.05, 3.63) is 0 Å². The van der Waals surface area contributed by atoms with Gasteiger partial charge in [-0.3, -0.25) is 9.59 Å². The molecule has 0 saturated carbocycles. The third kappa shape index (κ3) is 36.2. The Bertz CT molecular complexity index is 791. The summed E-state index contributed by atoms with van der Waals surface area (Å²) in [6, 6.07) is 0. The van der Waals surface area contributed by atoms with Gasteiger partial charge in [-0.05, 0) is 83.7 Å². The van der Waals surface area contributed by atoms with Gasteiger partial charge in [0.15, 0.2) is 0 Å². The minimum Gasteiger partial charge on any atom is -0.466 e. The quantitative estimate of drug-likeness (QED) is 0.0391. The van der Waals surface area contributed by atoms with Gasteiger partial charge >= 0.3 is 11.9 Å². The van der Waals surface area contributed by atoms with Crippen LogP contribution in [0.25, 0.3) is 0 Å². The lowest BCUT2D eigenvalue weighted by molar-refractivity contribution is -0.150. The van der Waals surface area contributed by atoms with Crippen molar-refractivity contribution in [1.29, 1.82) is 0 Å². The second-order valence-electron chi connectivity index (χ2n) is 14.6. The van der Waals surface area contributed by atoms with Crippen LogP contribution < -0.4 is 0 Å². The van der Waals surface area contributed by atoms with Crippen molar-refractivity contribution in [2.24, 2.45) is 0 Å². The van der Waals surface area contributed by atoms with Crippen LogP contribution in [0.3, 0.4) is 0 Å². The van der Waals surface area contributed by atoms with E-state index in [1.54, 1.807) is 0 Å². The van der Waals surface area contributed by atoms with Gasteiger partial charge in [0.25, 0.3) is 0 Å². The number of carbonyl (C=O) groups excluding carboxylic acids is 2. The Balaban J connectivity index is 4.17. The van der Waals surface area contributed by atoms with Crippen molar-refractivity contribution in [2.75, 3.05) is 32.8 Å². The number of carbonyl (C=O) groups is 2. The van der Waals surface area contributed by atoms with Crippen molar-refractivity contribution >= 4 is 11.9 Å². The number of rotatable bonds is 38.